The third-order valence-electron chi connectivity index (χ3n) is 2.72. The van der Waals surface area contributed by atoms with Gasteiger partial charge in [-0.25, -0.2) is 9.78 Å². The summed E-state index contributed by atoms with van der Waals surface area (Å²) in [6.07, 6.45) is 2.33. The number of methoxy groups -OCH3 is 1. The van der Waals surface area contributed by atoms with E-state index in [0.717, 1.165) is 23.7 Å². The lowest BCUT2D eigenvalue weighted by atomic mass is 10.2. The highest BCUT2D eigenvalue weighted by molar-refractivity contribution is 7.99. The fourth-order valence-corrected chi connectivity index (χ4v) is 3.82. The number of aromatic nitrogens is 1. The van der Waals surface area contributed by atoms with Gasteiger partial charge in [0.2, 0.25) is 0 Å². The Morgan fingerprint density at radius 2 is 2.18 bits per heavy atom. The first-order chi connectivity index (χ1) is 8.20. The first-order valence-corrected chi connectivity index (χ1v) is 7.58. The number of rotatable bonds is 3. The van der Waals surface area contributed by atoms with Gasteiger partial charge >= 0.3 is 5.97 Å². The number of esters is 1. The average molecular weight is 272 g/mol. The van der Waals surface area contributed by atoms with Gasteiger partial charge in [0.1, 0.15) is 4.88 Å². The van der Waals surface area contributed by atoms with Crippen LogP contribution in [0.4, 0.5) is 5.13 Å². The smallest absolute Gasteiger partial charge is 0.350 e. The van der Waals surface area contributed by atoms with Gasteiger partial charge in [-0.15, -0.1) is 0 Å². The molecule has 17 heavy (non-hydrogen) atoms. The average Bonchev–Trinajstić information content (AvgIpc) is 2.70. The summed E-state index contributed by atoms with van der Waals surface area (Å²) in [5.41, 5.74) is 0.745. The monoisotopic (exact) mass is 272 g/mol. The molecule has 1 saturated heterocycles. The third-order valence-corrected chi connectivity index (χ3v) is 4.83. The van der Waals surface area contributed by atoms with Crippen molar-refractivity contribution in [2.45, 2.75) is 25.8 Å². The summed E-state index contributed by atoms with van der Waals surface area (Å²) < 4.78 is 4.72. The molecule has 1 fully saturated rings. The van der Waals surface area contributed by atoms with Gasteiger partial charge in [0, 0.05) is 6.04 Å². The number of hydrogen-bond donors (Lipinski definition) is 1. The molecule has 0 amide bonds. The van der Waals surface area contributed by atoms with E-state index in [0.29, 0.717) is 10.9 Å². The van der Waals surface area contributed by atoms with E-state index in [4.69, 9.17) is 4.74 Å². The van der Waals surface area contributed by atoms with E-state index in [2.05, 4.69) is 10.3 Å². The van der Waals surface area contributed by atoms with Crippen LogP contribution in [0.15, 0.2) is 0 Å². The number of carbonyl (C=O) groups is 1. The van der Waals surface area contributed by atoms with E-state index in [1.54, 1.807) is 0 Å². The van der Waals surface area contributed by atoms with Gasteiger partial charge in [-0.05, 0) is 31.3 Å². The minimum Gasteiger partial charge on any atom is -0.465 e. The van der Waals surface area contributed by atoms with E-state index in [1.807, 2.05) is 18.7 Å². The number of thiazole rings is 1. The second kappa shape index (κ2) is 5.73. The Bertz CT molecular complexity index is 400. The number of aryl methyl sites for hydroxylation is 1. The first-order valence-electron chi connectivity index (χ1n) is 5.60. The van der Waals surface area contributed by atoms with Crippen molar-refractivity contribution in [1.29, 1.82) is 0 Å². The molecule has 4 nitrogen and oxygen atoms in total. The number of nitrogens with one attached hydrogen (secondary N) is 1. The first kappa shape index (κ1) is 12.7. The van der Waals surface area contributed by atoms with Crippen molar-refractivity contribution in [3.8, 4) is 0 Å². The van der Waals surface area contributed by atoms with Gasteiger partial charge in [-0.2, -0.15) is 11.8 Å². The Labute approximate surface area is 109 Å². The van der Waals surface area contributed by atoms with Crippen molar-refractivity contribution in [2.24, 2.45) is 0 Å². The molecule has 1 N–H and O–H groups in total. The fraction of sp³-hybridized carbons (Fsp3) is 0.636. The van der Waals surface area contributed by atoms with Crippen molar-refractivity contribution in [1.82, 2.24) is 4.98 Å². The molecule has 1 aromatic heterocycles. The number of thioether (sulfide) groups is 1. The molecule has 1 aromatic rings. The molecule has 0 spiro atoms. The molecule has 1 aliphatic heterocycles. The van der Waals surface area contributed by atoms with Crippen LogP contribution in [-0.2, 0) is 4.74 Å². The number of carbonyl (C=O) groups excluding carboxylic acids is 1. The summed E-state index contributed by atoms with van der Waals surface area (Å²) in [7, 11) is 1.40. The highest BCUT2D eigenvalue weighted by Gasteiger charge is 2.19. The minimum absolute atomic E-state index is 0.299. The second-order valence-corrected chi connectivity index (χ2v) is 6.18. The molecule has 6 heteroatoms. The van der Waals surface area contributed by atoms with Crippen molar-refractivity contribution >= 4 is 34.2 Å². The zero-order chi connectivity index (χ0) is 12.3. The number of nitrogens with zero attached hydrogens (tertiary/aromatic N) is 1. The molecule has 94 valence electrons. The Hall–Kier alpha value is -0.750. The predicted octanol–water partition coefficient (Wildman–Crippen LogP) is 2.55. The zero-order valence-electron chi connectivity index (χ0n) is 9.99. The quantitative estimate of drug-likeness (QED) is 0.857. The maximum Gasteiger partial charge on any atom is 0.350 e. The molecule has 0 aromatic carbocycles. The minimum atomic E-state index is -0.299. The number of ether oxygens (including phenoxy) is 1. The molecule has 2 rings (SSSR count). The lowest BCUT2D eigenvalue weighted by molar-refractivity contribution is 0.0605. The predicted molar refractivity (Wildman–Crippen MR) is 72.2 cm³/mol. The molecule has 2 heterocycles. The molecular weight excluding hydrogens is 256 g/mol. The lowest BCUT2D eigenvalue weighted by Gasteiger charge is -2.21. The van der Waals surface area contributed by atoms with E-state index >= 15 is 0 Å². The zero-order valence-corrected chi connectivity index (χ0v) is 11.6. The van der Waals surface area contributed by atoms with Crippen molar-refractivity contribution in [3.63, 3.8) is 0 Å². The Kier molecular flexibility index (Phi) is 4.28. The van der Waals surface area contributed by atoms with E-state index < -0.39 is 0 Å². The van der Waals surface area contributed by atoms with Crippen LogP contribution < -0.4 is 5.32 Å². The van der Waals surface area contributed by atoms with Crippen LogP contribution in [0.3, 0.4) is 0 Å². The van der Waals surface area contributed by atoms with Gasteiger partial charge in [0.05, 0.1) is 12.8 Å². The molecule has 0 aliphatic carbocycles. The highest BCUT2D eigenvalue weighted by atomic mass is 32.2. The number of hydrogen-bond acceptors (Lipinski definition) is 6. The fourth-order valence-electron chi connectivity index (χ4n) is 1.76. The molecule has 1 aliphatic rings. The molecule has 0 bridgehead atoms. The molecule has 0 unspecified atom stereocenters. The summed E-state index contributed by atoms with van der Waals surface area (Å²) in [6, 6.07) is 0.493. The molecule has 0 atom stereocenters. The van der Waals surface area contributed by atoms with Crippen LogP contribution in [0.5, 0.6) is 0 Å². The summed E-state index contributed by atoms with van der Waals surface area (Å²) in [5.74, 6) is 2.10. The Balaban J connectivity index is 2.03. The standard InChI is InChI=1S/C11H16N2O2S2/c1-7-9(10(14)15-2)17-11(12-7)13-8-3-5-16-6-4-8/h8H,3-6H2,1-2H3,(H,12,13). The van der Waals surface area contributed by atoms with Crippen LogP contribution in [0.2, 0.25) is 0 Å². The van der Waals surface area contributed by atoms with E-state index in [9.17, 15) is 4.79 Å². The highest BCUT2D eigenvalue weighted by Crippen LogP contribution is 2.26. The SMILES string of the molecule is COC(=O)c1sc(NC2CCSCC2)nc1C. The molecule has 0 radical (unpaired) electrons. The Morgan fingerprint density at radius 3 is 2.82 bits per heavy atom. The maximum atomic E-state index is 11.5. The van der Waals surface area contributed by atoms with Gasteiger partial charge in [0.15, 0.2) is 5.13 Å². The van der Waals surface area contributed by atoms with Gasteiger partial charge in [-0.3, -0.25) is 0 Å². The van der Waals surface area contributed by atoms with E-state index in [-0.39, 0.29) is 5.97 Å². The van der Waals surface area contributed by atoms with Crippen LogP contribution in [-0.4, -0.2) is 35.6 Å². The topological polar surface area (TPSA) is 51.2 Å². The van der Waals surface area contributed by atoms with Gasteiger partial charge in [0.25, 0.3) is 0 Å². The van der Waals surface area contributed by atoms with Gasteiger partial charge in [-0.1, -0.05) is 11.3 Å². The lowest BCUT2D eigenvalue weighted by Crippen LogP contribution is -2.24. The van der Waals surface area contributed by atoms with Crippen LogP contribution in [0, 0.1) is 6.92 Å². The van der Waals surface area contributed by atoms with Crippen molar-refractivity contribution < 1.29 is 9.53 Å². The van der Waals surface area contributed by atoms with Crippen LogP contribution in [0.25, 0.3) is 0 Å². The maximum absolute atomic E-state index is 11.5. The van der Waals surface area contributed by atoms with Crippen LogP contribution >= 0.6 is 23.1 Å². The summed E-state index contributed by atoms with van der Waals surface area (Å²) in [4.78, 5) is 16.4. The third kappa shape index (κ3) is 3.13. The molecule has 0 saturated carbocycles. The second-order valence-electron chi connectivity index (χ2n) is 3.96. The summed E-state index contributed by atoms with van der Waals surface area (Å²) >= 11 is 3.38. The summed E-state index contributed by atoms with van der Waals surface area (Å²) in [5, 5.41) is 4.24. The van der Waals surface area contributed by atoms with Crippen molar-refractivity contribution in [3.05, 3.63) is 10.6 Å². The largest absolute Gasteiger partial charge is 0.465 e. The van der Waals surface area contributed by atoms with Gasteiger partial charge < -0.3 is 10.1 Å². The normalized spacial score (nSPS) is 16.8. The van der Waals surface area contributed by atoms with Crippen molar-refractivity contribution in [2.75, 3.05) is 23.9 Å². The molecular formula is C11H16N2O2S2. The van der Waals surface area contributed by atoms with E-state index in [1.165, 1.54) is 30.0 Å². The number of anilines is 1. The summed E-state index contributed by atoms with van der Waals surface area (Å²) in [6.45, 7) is 1.84. The van der Waals surface area contributed by atoms with Crippen LogP contribution in [0.1, 0.15) is 28.2 Å². The Morgan fingerprint density at radius 1 is 1.47 bits per heavy atom.